The molecule has 186 valence electrons. The predicted molar refractivity (Wildman–Crippen MR) is 139 cm³/mol. The van der Waals surface area contributed by atoms with Crippen LogP contribution in [-0.4, -0.2) is 47.7 Å². The zero-order valence-corrected chi connectivity index (χ0v) is 21.6. The van der Waals surface area contributed by atoms with Gasteiger partial charge in [-0.05, 0) is 87.9 Å². The quantitative estimate of drug-likeness (QED) is 0.561. The summed E-state index contributed by atoms with van der Waals surface area (Å²) >= 11 is 6.46. The van der Waals surface area contributed by atoms with Crippen LogP contribution in [-0.2, 0) is 16.0 Å². The third kappa shape index (κ3) is 5.49. The van der Waals surface area contributed by atoms with E-state index in [9.17, 15) is 9.59 Å². The number of benzene rings is 1. The maximum Gasteiger partial charge on any atom is 0.253 e. The van der Waals surface area contributed by atoms with Crippen molar-refractivity contribution < 1.29 is 9.59 Å². The number of rotatable bonds is 7. The van der Waals surface area contributed by atoms with Gasteiger partial charge in [0.05, 0.1) is 10.7 Å². The van der Waals surface area contributed by atoms with Gasteiger partial charge in [0.25, 0.3) is 5.91 Å². The minimum Gasteiger partial charge on any atom is -0.325 e. The third-order valence-electron chi connectivity index (χ3n) is 8.22. The van der Waals surface area contributed by atoms with Crippen molar-refractivity contribution in [1.82, 2.24) is 10.2 Å². The molecule has 6 nitrogen and oxygen atoms in total. The Balaban J connectivity index is 1.27. The predicted octanol–water partition coefficient (Wildman–Crippen LogP) is 5.12. The Morgan fingerprint density at radius 1 is 1.24 bits per heavy atom. The van der Waals surface area contributed by atoms with E-state index in [1.54, 1.807) is 0 Å². The maximum absolute atomic E-state index is 12.9. The molecule has 4 rings (SSSR count). The summed E-state index contributed by atoms with van der Waals surface area (Å²) in [5, 5.41) is 6.58. The first-order valence-corrected chi connectivity index (χ1v) is 13.4. The van der Waals surface area contributed by atoms with Crippen LogP contribution in [0.2, 0.25) is 5.02 Å². The molecule has 2 aliphatic heterocycles. The normalized spacial score (nSPS) is 24.7. The number of carbonyl (C=O) groups is 2. The van der Waals surface area contributed by atoms with Gasteiger partial charge in [-0.1, -0.05) is 31.0 Å². The second-order valence-electron chi connectivity index (χ2n) is 10.4. The van der Waals surface area contributed by atoms with Crippen molar-refractivity contribution in [3.63, 3.8) is 0 Å². The number of hydrogen-bond acceptors (Lipinski definition) is 4. The molecule has 2 fully saturated rings. The Kier molecular flexibility index (Phi) is 7.98. The Hall–Kier alpha value is -1.92. The zero-order valence-electron chi connectivity index (χ0n) is 20.9. The summed E-state index contributed by atoms with van der Waals surface area (Å²) in [7, 11) is 0. The molecule has 2 N–H and O–H groups in total. The number of halogens is 1. The summed E-state index contributed by atoms with van der Waals surface area (Å²) in [6, 6.07) is 3.95. The van der Waals surface area contributed by atoms with Gasteiger partial charge in [-0.3, -0.25) is 14.6 Å². The number of carbonyl (C=O) groups excluding carboxylic acids is 2. The van der Waals surface area contributed by atoms with Gasteiger partial charge in [0, 0.05) is 25.9 Å². The molecule has 7 heteroatoms. The highest BCUT2D eigenvalue weighted by Gasteiger charge is 2.46. The summed E-state index contributed by atoms with van der Waals surface area (Å²) in [6.07, 6.45) is 9.70. The lowest BCUT2D eigenvalue weighted by Crippen LogP contribution is -2.49. The average molecular weight is 487 g/mol. The van der Waals surface area contributed by atoms with Crippen molar-refractivity contribution in [3.8, 4) is 0 Å². The molecule has 2 amide bonds. The molecule has 0 atom stereocenters. The van der Waals surface area contributed by atoms with Gasteiger partial charge >= 0.3 is 0 Å². The molecule has 34 heavy (non-hydrogen) atoms. The minimum atomic E-state index is -0.531. The first kappa shape index (κ1) is 25.2. The van der Waals surface area contributed by atoms with E-state index < -0.39 is 5.54 Å². The van der Waals surface area contributed by atoms with E-state index in [4.69, 9.17) is 16.6 Å². The van der Waals surface area contributed by atoms with Gasteiger partial charge < -0.3 is 15.5 Å². The Labute approximate surface area is 208 Å². The van der Waals surface area contributed by atoms with Crippen LogP contribution in [0.15, 0.2) is 17.1 Å². The van der Waals surface area contributed by atoms with E-state index in [1.807, 2.05) is 13.0 Å². The standard InChI is InChI=1S/C27H39ClN4O2/c1-4-20-7-9-22(10-8-20)25-30-26(34)27(31-25)13-16-32(17-14-27)15-5-6-21-11-12-23(29-19(3)33)24(28)18(21)2/h11-12,20,22H,4-10,13-17H2,1-3H3,(H,29,33)(H,30,31,34). The van der Waals surface area contributed by atoms with Gasteiger partial charge in [0.1, 0.15) is 11.4 Å². The number of amides is 2. The van der Waals surface area contributed by atoms with E-state index in [-0.39, 0.29) is 11.8 Å². The molecule has 1 aliphatic carbocycles. The van der Waals surface area contributed by atoms with Gasteiger partial charge in [-0.15, -0.1) is 0 Å². The largest absolute Gasteiger partial charge is 0.325 e. The van der Waals surface area contributed by atoms with Crippen molar-refractivity contribution in [2.75, 3.05) is 25.0 Å². The SMILES string of the molecule is CCC1CCC(C2=NC3(CCN(CCCc4ccc(NC(C)=O)c(Cl)c4C)CC3)C(=O)N2)CC1. The number of likely N-dealkylation sites (tertiary alicyclic amines) is 1. The molecule has 0 bridgehead atoms. The fourth-order valence-corrected chi connectivity index (χ4v) is 6.07. The highest BCUT2D eigenvalue weighted by atomic mass is 35.5. The lowest BCUT2D eigenvalue weighted by Gasteiger charge is -2.35. The van der Waals surface area contributed by atoms with Crippen molar-refractivity contribution in [2.45, 2.75) is 84.1 Å². The van der Waals surface area contributed by atoms with Crippen molar-refractivity contribution in [1.29, 1.82) is 0 Å². The molecule has 0 aromatic heterocycles. The molecule has 3 aliphatic rings. The number of piperidine rings is 1. The number of nitrogens with zero attached hydrogens (tertiary/aromatic N) is 2. The van der Waals surface area contributed by atoms with Crippen LogP contribution in [0.25, 0.3) is 0 Å². The molecule has 1 saturated heterocycles. The molecule has 2 heterocycles. The molecule has 1 spiro atoms. The molecule has 0 radical (unpaired) electrons. The van der Waals surface area contributed by atoms with E-state index in [0.717, 1.165) is 75.5 Å². The number of aryl methyl sites for hydroxylation is 1. The molecule has 0 unspecified atom stereocenters. The summed E-state index contributed by atoms with van der Waals surface area (Å²) in [4.78, 5) is 31.7. The highest BCUT2D eigenvalue weighted by molar-refractivity contribution is 6.34. The molecular formula is C27H39ClN4O2. The Bertz CT molecular complexity index is 944. The summed E-state index contributed by atoms with van der Waals surface area (Å²) in [5.41, 5.74) is 2.39. The zero-order chi connectivity index (χ0) is 24.3. The first-order valence-electron chi connectivity index (χ1n) is 13.0. The van der Waals surface area contributed by atoms with E-state index >= 15 is 0 Å². The Morgan fingerprint density at radius 2 is 1.94 bits per heavy atom. The molecular weight excluding hydrogens is 448 g/mol. The van der Waals surface area contributed by atoms with Crippen molar-refractivity contribution in [2.24, 2.45) is 16.8 Å². The second-order valence-corrected chi connectivity index (χ2v) is 10.8. The average Bonchev–Trinajstić information content (AvgIpc) is 3.15. The third-order valence-corrected chi connectivity index (χ3v) is 8.71. The van der Waals surface area contributed by atoms with Crippen LogP contribution in [0.3, 0.4) is 0 Å². The fourth-order valence-electron chi connectivity index (χ4n) is 5.84. The molecule has 1 aromatic carbocycles. The topological polar surface area (TPSA) is 73.8 Å². The number of amidine groups is 1. The highest BCUT2D eigenvalue weighted by Crippen LogP contribution is 2.36. The molecule has 1 aromatic rings. The fraction of sp³-hybridized carbons (Fsp3) is 0.667. The first-order chi connectivity index (χ1) is 16.3. The van der Waals surface area contributed by atoms with Gasteiger partial charge in [0.15, 0.2) is 0 Å². The smallest absolute Gasteiger partial charge is 0.253 e. The number of hydrogen-bond donors (Lipinski definition) is 2. The number of nitrogens with one attached hydrogen (secondary N) is 2. The number of anilines is 1. The van der Waals surface area contributed by atoms with Crippen LogP contribution < -0.4 is 10.6 Å². The maximum atomic E-state index is 12.9. The summed E-state index contributed by atoms with van der Waals surface area (Å²) in [5.74, 6) is 2.28. The van der Waals surface area contributed by atoms with Crippen molar-refractivity contribution in [3.05, 3.63) is 28.3 Å². The van der Waals surface area contributed by atoms with Gasteiger partial charge in [-0.2, -0.15) is 0 Å². The van der Waals surface area contributed by atoms with Gasteiger partial charge in [0.2, 0.25) is 5.91 Å². The number of aliphatic imine (C=N–C) groups is 1. The van der Waals surface area contributed by atoms with E-state index in [0.29, 0.717) is 16.6 Å². The van der Waals surface area contributed by atoms with Crippen LogP contribution in [0.4, 0.5) is 5.69 Å². The monoisotopic (exact) mass is 486 g/mol. The van der Waals surface area contributed by atoms with Gasteiger partial charge in [-0.25, -0.2) is 0 Å². The van der Waals surface area contributed by atoms with Crippen LogP contribution in [0, 0.1) is 18.8 Å². The lowest BCUT2D eigenvalue weighted by atomic mass is 9.80. The lowest BCUT2D eigenvalue weighted by molar-refractivity contribution is -0.125. The summed E-state index contributed by atoms with van der Waals surface area (Å²) < 4.78 is 0. The Morgan fingerprint density at radius 3 is 2.59 bits per heavy atom. The second kappa shape index (κ2) is 10.8. The molecule has 1 saturated carbocycles. The summed E-state index contributed by atoms with van der Waals surface area (Å²) in [6.45, 7) is 8.60. The van der Waals surface area contributed by atoms with Crippen LogP contribution in [0.5, 0.6) is 0 Å². The van der Waals surface area contributed by atoms with E-state index in [1.165, 1.54) is 31.7 Å². The minimum absolute atomic E-state index is 0.117. The van der Waals surface area contributed by atoms with Crippen LogP contribution in [0.1, 0.15) is 76.3 Å². The van der Waals surface area contributed by atoms with Crippen LogP contribution >= 0.6 is 11.6 Å². The van der Waals surface area contributed by atoms with E-state index in [2.05, 4.69) is 28.5 Å². The van der Waals surface area contributed by atoms with Crippen molar-refractivity contribution >= 4 is 34.9 Å².